The van der Waals surface area contributed by atoms with E-state index in [9.17, 15) is 0 Å². The number of anilines is 1. The summed E-state index contributed by atoms with van der Waals surface area (Å²) in [5, 5.41) is 15.0. The lowest BCUT2D eigenvalue weighted by Crippen LogP contribution is -2.04. The predicted octanol–water partition coefficient (Wildman–Crippen LogP) is 4.77. The molecular formula is C17H16ClN3. The number of hydrogen-bond acceptors (Lipinski definition) is 3. The van der Waals surface area contributed by atoms with Crippen LogP contribution in [0, 0.1) is 0 Å². The smallest absolute Gasteiger partial charge is 0.156 e. The van der Waals surface area contributed by atoms with E-state index in [0.29, 0.717) is 0 Å². The lowest BCUT2D eigenvalue weighted by Gasteiger charge is -2.10. The Morgan fingerprint density at radius 1 is 0.952 bits per heavy atom. The van der Waals surface area contributed by atoms with Crippen LogP contribution in [-0.2, 0) is 0 Å². The van der Waals surface area contributed by atoms with Crippen molar-refractivity contribution in [2.45, 2.75) is 13.3 Å². The van der Waals surface area contributed by atoms with Gasteiger partial charge in [-0.1, -0.05) is 54.9 Å². The van der Waals surface area contributed by atoms with Gasteiger partial charge in [0.05, 0.1) is 0 Å². The van der Waals surface area contributed by atoms with Gasteiger partial charge in [0.1, 0.15) is 5.69 Å². The molecule has 0 aliphatic carbocycles. The van der Waals surface area contributed by atoms with Crippen LogP contribution in [0.3, 0.4) is 0 Å². The van der Waals surface area contributed by atoms with Gasteiger partial charge in [-0.05, 0) is 18.6 Å². The third-order valence-corrected chi connectivity index (χ3v) is 3.60. The van der Waals surface area contributed by atoms with Gasteiger partial charge in [0.25, 0.3) is 0 Å². The van der Waals surface area contributed by atoms with Crippen LogP contribution in [0.15, 0.2) is 48.5 Å². The molecule has 0 amide bonds. The van der Waals surface area contributed by atoms with E-state index in [1.165, 1.54) is 0 Å². The molecule has 1 N–H and O–H groups in total. The molecule has 106 valence electrons. The van der Waals surface area contributed by atoms with Crippen LogP contribution in [0.2, 0.25) is 5.02 Å². The first-order chi connectivity index (χ1) is 10.3. The standard InChI is InChI=1S/C17H16ClN3/c1-2-11-19-17-15-6-4-3-5-14(15)16(20-21-17)12-7-9-13(18)10-8-12/h3-10H,2,11H2,1H3,(H,19,21). The molecule has 0 atom stereocenters. The number of fused-ring (bicyclic) bond motifs is 1. The Morgan fingerprint density at radius 3 is 2.38 bits per heavy atom. The Balaban J connectivity index is 2.14. The van der Waals surface area contributed by atoms with E-state index in [2.05, 4.69) is 34.6 Å². The molecule has 3 rings (SSSR count). The minimum atomic E-state index is 0.720. The molecule has 0 unspecified atom stereocenters. The highest BCUT2D eigenvalue weighted by Gasteiger charge is 2.10. The van der Waals surface area contributed by atoms with Crippen molar-refractivity contribution in [1.29, 1.82) is 0 Å². The second-order valence-corrected chi connectivity index (χ2v) is 5.31. The highest BCUT2D eigenvalue weighted by atomic mass is 35.5. The summed E-state index contributed by atoms with van der Waals surface area (Å²) in [6.07, 6.45) is 1.05. The molecule has 0 radical (unpaired) electrons. The van der Waals surface area contributed by atoms with Crippen LogP contribution in [0.4, 0.5) is 5.82 Å². The van der Waals surface area contributed by atoms with E-state index in [1.54, 1.807) is 0 Å². The average molecular weight is 298 g/mol. The SMILES string of the molecule is CCCNc1nnc(-c2ccc(Cl)cc2)c2ccccc12. The Morgan fingerprint density at radius 2 is 1.67 bits per heavy atom. The minimum absolute atomic E-state index is 0.720. The first-order valence-corrected chi connectivity index (χ1v) is 7.42. The van der Waals surface area contributed by atoms with Crippen LogP contribution in [0.1, 0.15) is 13.3 Å². The summed E-state index contributed by atoms with van der Waals surface area (Å²) in [6.45, 7) is 3.02. The summed E-state index contributed by atoms with van der Waals surface area (Å²) in [7, 11) is 0. The third kappa shape index (κ3) is 2.83. The van der Waals surface area contributed by atoms with Crippen LogP contribution in [0.25, 0.3) is 22.0 Å². The summed E-state index contributed by atoms with van der Waals surface area (Å²) >= 11 is 5.95. The fourth-order valence-corrected chi connectivity index (χ4v) is 2.42. The van der Waals surface area contributed by atoms with Gasteiger partial charge in [0.15, 0.2) is 5.82 Å². The second kappa shape index (κ2) is 6.10. The number of nitrogens with zero attached hydrogens (tertiary/aromatic N) is 2. The lowest BCUT2D eigenvalue weighted by atomic mass is 10.0. The molecule has 1 heterocycles. The predicted molar refractivity (Wildman–Crippen MR) is 88.8 cm³/mol. The van der Waals surface area contributed by atoms with E-state index in [4.69, 9.17) is 11.6 Å². The molecule has 0 saturated carbocycles. The van der Waals surface area contributed by atoms with Gasteiger partial charge in [0, 0.05) is 27.9 Å². The zero-order valence-corrected chi connectivity index (χ0v) is 12.6. The third-order valence-electron chi connectivity index (χ3n) is 3.35. The largest absolute Gasteiger partial charge is 0.368 e. The van der Waals surface area contributed by atoms with Gasteiger partial charge in [-0.3, -0.25) is 0 Å². The number of benzene rings is 2. The van der Waals surface area contributed by atoms with Gasteiger partial charge in [-0.15, -0.1) is 10.2 Å². The van der Waals surface area contributed by atoms with Crippen LogP contribution in [0.5, 0.6) is 0 Å². The molecule has 0 spiro atoms. The van der Waals surface area contributed by atoms with Crippen molar-refractivity contribution in [3.63, 3.8) is 0 Å². The molecule has 4 heteroatoms. The van der Waals surface area contributed by atoms with Crippen molar-refractivity contribution in [1.82, 2.24) is 10.2 Å². The minimum Gasteiger partial charge on any atom is -0.368 e. The van der Waals surface area contributed by atoms with Gasteiger partial charge in [0.2, 0.25) is 0 Å². The molecule has 21 heavy (non-hydrogen) atoms. The number of hydrogen-bond donors (Lipinski definition) is 1. The number of rotatable bonds is 4. The summed E-state index contributed by atoms with van der Waals surface area (Å²) in [6, 6.07) is 15.9. The quantitative estimate of drug-likeness (QED) is 0.753. The normalized spacial score (nSPS) is 10.8. The Bertz CT molecular complexity index is 754. The van der Waals surface area contributed by atoms with Crippen molar-refractivity contribution in [2.24, 2.45) is 0 Å². The first kappa shape index (κ1) is 13.8. The Kier molecular flexibility index (Phi) is 4.02. The summed E-state index contributed by atoms with van der Waals surface area (Å²) < 4.78 is 0. The maximum absolute atomic E-state index is 5.95. The van der Waals surface area contributed by atoms with Crippen LogP contribution in [-0.4, -0.2) is 16.7 Å². The van der Waals surface area contributed by atoms with Crippen molar-refractivity contribution < 1.29 is 0 Å². The fourth-order valence-electron chi connectivity index (χ4n) is 2.30. The van der Waals surface area contributed by atoms with Crippen molar-refractivity contribution in [3.8, 4) is 11.3 Å². The fraction of sp³-hybridized carbons (Fsp3) is 0.176. The van der Waals surface area contributed by atoms with Crippen LogP contribution >= 0.6 is 11.6 Å². The highest BCUT2D eigenvalue weighted by Crippen LogP contribution is 2.30. The summed E-state index contributed by atoms with van der Waals surface area (Å²) in [5.74, 6) is 0.838. The summed E-state index contributed by atoms with van der Waals surface area (Å²) in [5.41, 5.74) is 1.90. The Hall–Kier alpha value is -2.13. The van der Waals surface area contributed by atoms with Gasteiger partial charge < -0.3 is 5.32 Å². The van der Waals surface area contributed by atoms with E-state index < -0.39 is 0 Å². The van der Waals surface area contributed by atoms with Crippen LogP contribution < -0.4 is 5.32 Å². The van der Waals surface area contributed by atoms with E-state index >= 15 is 0 Å². The van der Waals surface area contributed by atoms with Crippen molar-refractivity contribution >= 4 is 28.2 Å². The Labute approximate surface area is 129 Å². The zero-order chi connectivity index (χ0) is 14.7. The monoisotopic (exact) mass is 297 g/mol. The van der Waals surface area contributed by atoms with Crippen molar-refractivity contribution in [3.05, 3.63) is 53.6 Å². The molecule has 3 nitrogen and oxygen atoms in total. The molecule has 0 saturated heterocycles. The molecular weight excluding hydrogens is 282 g/mol. The summed E-state index contributed by atoms with van der Waals surface area (Å²) in [4.78, 5) is 0. The number of aromatic nitrogens is 2. The number of nitrogens with one attached hydrogen (secondary N) is 1. The molecule has 2 aromatic carbocycles. The van der Waals surface area contributed by atoms with Gasteiger partial charge in [-0.25, -0.2) is 0 Å². The zero-order valence-electron chi connectivity index (χ0n) is 11.8. The van der Waals surface area contributed by atoms with Crippen molar-refractivity contribution in [2.75, 3.05) is 11.9 Å². The molecule has 1 aromatic heterocycles. The highest BCUT2D eigenvalue weighted by molar-refractivity contribution is 6.30. The van der Waals surface area contributed by atoms with Gasteiger partial charge >= 0.3 is 0 Å². The maximum Gasteiger partial charge on any atom is 0.156 e. The van der Waals surface area contributed by atoms with E-state index in [0.717, 1.165) is 45.8 Å². The van der Waals surface area contributed by atoms with E-state index in [-0.39, 0.29) is 0 Å². The molecule has 0 fully saturated rings. The van der Waals surface area contributed by atoms with E-state index in [1.807, 2.05) is 36.4 Å². The molecule has 3 aromatic rings. The number of halogens is 1. The lowest BCUT2D eigenvalue weighted by molar-refractivity contribution is 0.952. The topological polar surface area (TPSA) is 37.8 Å². The molecule has 0 bridgehead atoms. The average Bonchev–Trinajstić information content (AvgIpc) is 2.53. The van der Waals surface area contributed by atoms with Gasteiger partial charge in [-0.2, -0.15) is 0 Å². The first-order valence-electron chi connectivity index (χ1n) is 7.05. The molecule has 0 aliphatic heterocycles. The second-order valence-electron chi connectivity index (χ2n) is 4.88. The maximum atomic E-state index is 5.95. The molecule has 0 aliphatic rings.